The molecule has 4 nitrogen and oxygen atoms in total. The summed E-state index contributed by atoms with van der Waals surface area (Å²) in [5.74, 6) is -0.318. The molecule has 0 aromatic heterocycles. The van der Waals surface area contributed by atoms with E-state index in [4.69, 9.17) is 4.74 Å². The Morgan fingerprint density at radius 2 is 2.35 bits per heavy atom. The number of methoxy groups -OCH3 is 1. The van der Waals surface area contributed by atoms with Gasteiger partial charge >= 0.3 is 0 Å². The van der Waals surface area contributed by atoms with Crippen LogP contribution in [0.3, 0.4) is 0 Å². The molecule has 6 heteroatoms. The lowest BCUT2D eigenvalue weighted by Crippen LogP contribution is -2.10. The van der Waals surface area contributed by atoms with E-state index in [0.717, 1.165) is 0 Å². The molecule has 0 aliphatic carbocycles. The molecule has 1 amide bonds. The molecule has 1 aliphatic rings. The second-order valence-corrected chi connectivity index (χ2v) is 4.74. The lowest BCUT2D eigenvalue weighted by Gasteiger charge is -2.06. The Bertz CT molecular complexity index is 453. The van der Waals surface area contributed by atoms with Gasteiger partial charge in [0.1, 0.15) is 5.82 Å². The SMILES string of the molecule is COCCSc1cc2c(cc1F)C(O)C(=O)N2. The predicted octanol–water partition coefficient (Wildman–Crippen LogP) is 1.55. The van der Waals surface area contributed by atoms with Gasteiger partial charge in [0.15, 0.2) is 6.10 Å². The Labute approximate surface area is 102 Å². The second-order valence-electron chi connectivity index (χ2n) is 3.60. The first kappa shape index (κ1) is 12.3. The van der Waals surface area contributed by atoms with E-state index in [-0.39, 0.29) is 0 Å². The summed E-state index contributed by atoms with van der Waals surface area (Å²) in [5.41, 5.74) is 0.771. The summed E-state index contributed by atoms with van der Waals surface area (Å²) in [7, 11) is 1.58. The summed E-state index contributed by atoms with van der Waals surface area (Å²) < 4.78 is 18.5. The van der Waals surface area contributed by atoms with Crippen LogP contribution < -0.4 is 5.32 Å². The highest BCUT2D eigenvalue weighted by Gasteiger charge is 2.29. The normalized spacial score (nSPS) is 18.1. The highest BCUT2D eigenvalue weighted by atomic mass is 32.2. The van der Waals surface area contributed by atoms with Crippen LogP contribution >= 0.6 is 11.8 Å². The van der Waals surface area contributed by atoms with Crippen molar-refractivity contribution in [3.8, 4) is 0 Å². The van der Waals surface area contributed by atoms with Crippen LogP contribution in [0.4, 0.5) is 10.1 Å². The Balaban J connectivity index is 2.21. The lowest BCUT2D eigenvalue weighted by molar-refractivity contribution is -0.123. The van der Waals surface area contributed by atoms with Gasteiger partial charge in [-0.15, -0.1) is 11.8 Å². The molecule has 2 N–H and O–H groups in total. The number of halogens is 1. The number of thioether (sulfide) groups is 1. The molecule has 1 atom stereocenters. The van der Waals surface area contributed by atoms with Crippen molar-refractivity contribution in [3.63, 3.8) is 0 Å². The zero-order chi connectivity index (χ0) is 12.4. The molecule has 1 heterocycles. The average Bonchev–Trinajstić information content (AvgIpc) is 2.56. The van der Waals surface area contributed by atoms with Gasteiger partial charge in [0, 0.05) is 29.0 Å². The molecule has 0 fully saturated rings. The first-order chi connectivity index (χ1) is 8.13. The number of carbonyl (C=O) groups excluding carboxylic acids is 1. The largest absolute Gasteiger partial charge is 0.384 e. The van der Waals surface area contributed by atoms with Gasteiger partial charge in [0.05, 0.1) is 6.61 Å². The number of nitrogens with one attached hydrogen (secondary N) is 1. The minimum absolute atomic E-state index is 0.295. The minimum Gasteiger partial charge on any atom is -0.384 e. The zero-order valence-corrected chi connectivity index (χ0v) is 10.0. The quantitative estimate of drug-likeness (QED) is 0.634. The van der Waals surface area contributed by atoms with Gasteiger partial charge in [-0.25, -0.2) is 4.39 Å². The van der Waals surface area contributed by atoms with E-state index >= 15 is 0 Å². The molecule has 2 rings (SSSR count). The predicted molar refractivity (Wildman–Crippen MR) is 62.6 cm³/mol. The maximum Gasteiger partial charge on any atom is 0.257 e. The van der Waals surface area contributed by atoms with Gasteiger partial charge in [0.25, 0.3) is 5.91 Å². The maximum absolute atomic E-state index is 13.7. The van der Waals surface area contributed by atoms with Crippen molar-refractivity contribution in [1.29, 1.82) is 0 Å². The second kappa shape index (κ2) is 5.03. The number of carbonyl (C=O) groups is 1. The maximum atomic E-state index is 13.7. The van der Waals surface area contributed by atoms with E-state index in [1.807, 2.05) is 0 Å². The third kappa shape index (κ3) is 2.43. The molecule has 0 spiro atoms. The van der Waals surface area contributed by atoms with Crippen molar-refractivity contribution in [2.24, 2.45) is 0 Å². The van der Waals surface area contributed by atoms with Crippen LogP contribution in [-0.2, 0) is 9.53 Å². The van der Waals surface area contributed by atoms with Crippen molar-refractivity contribution >= 4 is 23.4 Å². The number of aliphatic hydroxyl groups is 1. The van der Waals surface area contributed by atoms with Crippen molar-refractivity contribution in [3.05, 3.63) is 23.5 Å². The molecule has 1 aromatic rings. The molecule has 0 saturated carbocycles. The highest BCUT2D eigenvalue weighted by molar-refractivity contribution is 7.99. The van der Waals surface area contributed by atoms with Gasteiger partial charge in [0.2, 0.25) is 0 Å². The van der Waals surface area contributed by atoms with Crippen molar-refractivity contribution in [2.45, 2.75) is 11.0 Å². The summed E-state index contributed by atoms with van der Waals surface area (Å²) in [6.07, 6.45) is -1.27. The molecular formula is C11H12FNO3S. The first-order valence-corrected chi connectivity index (χ1v) is 6.06. The fraction of sp³-hybridized carbons (Fsp3) is 0.364. The first-order valence-electron chi connectivity index (χ1n) is 5.07. The number of anilines is 1. The molecule has 0 saturated heterocycles. The van der Waals surface area contributed by atoms with E-state index in [1.165, 1.54) is 17.8 Å². The third-order valence-corrected chi connectivity index (χ3v) is 3.44. The third-order valence-electron chi connectivity index (χ3n) is 2.45. The summed E-state index contributed by atoms with van der Waals surface area (Å²) in [5, 5.41) is 12.0. The number of hydrogen-bond donors (Lipinski definition) is 2. The van der Waals surface area contributed by atoms with Crippen LogP contribution in [-0.4, -0.2) is 30.5 Å². The Morgan fingerprint density at radius 3 is 3.06 bits per heavy atom. The van der Waals surface area contributed by atoms with Crippen LogP contribution in [0.2, 0.25) is 0 Å². The molecule has 1 aliphatic heterocycles. The van der Waals surface area contributed by atoms with E-state index in [1.54, 1.807) is 13.2 Å². The van der Waals surface area contributed by atoms with Gasteiger partial charge < -0.3 is 15.2 Å². The molecule has 17 heavy (non-hydrogen) atoms. The van der Waals surface area contributed by atoms with Crippen molar-refractivity contribution in [1.82, 2.24) is 0 Å². The lowest BCUT2D eigenvalue weighted by atomic mass is 10.1. The number of fused-ring (bicyclic) bond motifs is 1. The van der Waals surface area contributed by atoms with E-state index in [9.17, 15) is 14.3 Å². The Morgan fingerprint density at radius 1 is 1.59 bits per heavy atom. The number of aliphatic hydroxyl groups excluding tert-OH is 1. The monoisotopic (exact) mass is 257 g/mol. The summed E-state index contributed by atoms with van der Waals surface area (Å²) in [6, 6.07) is 2.74. The van der Waals surface area contributed by atoms with Crippen molar-refractivity contribution in [2.75, 3.05) is 24.8 Å². The van der Waals surface area contributed by atoms with E-state index < -0.39 is 17.8 Å². The van der Waals surface area contributed by atoms with Gasteiger partial charge in [-0.2, -0.15) is 0 Å². The highest BCUT2D eigenvalue weighted by Crippen LogP contribution is 2.35. The topological polar surface area (TPSA) is 58.6 Å². The van der Waals surface area contributed by atoms with Crippen LogP contribution in [0.1, 0.15) is 11.7 Å². The number of hydrogen-bond acceptors (Lipinski definition) is 4. The summed E-state index contributed by atoms with van der Waals surface area (Å²) in [6.45, 7) is 0.524. The summed E-state index contributed by atoms with van der Waals surface area (Å²) in [4.78, 5) is 11.6. The molecule has 1 aromatic carbocycles. The number of ether oxygens (including phenoxy) is 1. The van der Waals surface area contributed by atoms with Crippen LogP contribution in [0.15, 0.2) is 17.0 Å². The van der Waals surface area contributed by atoms with E-state index in [2.05, 4.69) is 5.32 Å². The van der Waals surface area contributed by atoms with Crippen molar-refractivity contribution < 1.29 is 19.0 Å². The van der Waals surface area contributed by atoms with E-state index in [0.29, 0.717) is 28.5 Å². The molecule has 1 unspecified atom stereocenters. The minimum atomic E-state index is -1.27. The zero-order valence-electron chi connectivity index (χ0n) is 9.20. The average molecular weight is 257 g/mol. The number of benzene rings is 1. The molecule has 92 valence electrons. The Hall–Kier alpha value is -1.11. The van der Waals surface area contributed by atoms with Crippen LogP contribution in [0.25, 0.3) is 0 Å². The van der Waals surface area contributed by atoms with Crippen LogP contribution in [0.5, 0.6) is 0 Å². The number of rotatable bonds is 4. The molecule has 0 bridgehead atoms. The van der Waals surface area contributed by atoms with Crippen LogP contribution in [0, 0.1) is 5.82 Å². The van der Waals surface area contributed by atoms with Gasteiger partial charge in [-0.1, -0.05) is 0 Å². The van der Waals surface area contributed by atoms with Gasteiger partial charge in [-0.3, -0.25) is 4.79 Å². The Kier molecular flexibility index (Phi) is 3.66. The number of amides is 1. The fourth-order valence-electron chi connectivity index (χ4n) is 1.59. The summed E-state index contributed by atoms with van der Waals surface area (Å²) >= 11 is 1.31. The fourth-order valence-corrected chi connectivity index (χ4v) is 2.46. The van der Waals surface area contributed by atoms with Gasteiger partial charge in [-0.05, 0) is 12.1 Å². The molecular weight excluding hydrogens is 245 g/mol. The molecule has 0 radical (unpaired) electrons. The smallest absolute Gasteiger partial charge is 0.257 e. The standard InChI is InChI=1S/C11H12FNO3S/c1-16-2-3-17-9-5-8-6(4-7(9)12)10(14)11(15)13-8/h4-5,10,14H,2-3H2,1H3,(H,13,15).